The first-order valence-corrected chi connectivity index (χ1v) is 20.5. The van der Waals surface area contributed by atoms with E-state index in [0.29, 0.717) is 22.3 Å². The Morgan fingerprint density at radius 3 is 1.95 bits per heavy atom. The second-order valence-electron chi connectivity index (χ2n) is 9.44. The summed E-state index contributed by atoms with van der Waals surface area (Å²) in [5.74, 6) is -1.50. The van der Waals surface area contributed by atoms with Crippen molar-refractivity contribution in [1.29, 1.82) is 0 Å². The fraction of sp³-hybridized carbons (Fsp3) is 0.138. The molecule has 0 amide bonds. The van der Waals surface area contributed by atoms with Gasteiger partial charge in [0, 0.05) is 0 Å². The topological polar surface area (TPSA) is 158 Å². The van der Waals surface area contributed by atoms with E-state index in [1.807, 2.05) is 0 Å². The van der Waals surface area contributed by atoms with Crippen molar-refractivity contribution in [3.63, 3.8) is 0 Å². The van der Waals surface area contributed by atoms with Gasteiger partial charge in [0.1, 0.15) is 0 Å². The molecule has 4 rings (SSSR count). The molecule has 0 saturated carbocycles. The number of halogens is 2. The number of carboxylic acid groups (broad SMARTS) is 1. The van der Waals surface area contributed by atoms with Gasteiger partial charge < -0.3 is 0 Å². The number of methoxy groups -OCH3 is 1. The third kappa shape index (κ3) is 7.00. The Kier molecular flexibility index (Phi) is 9.49. The zero-order chi connectivity index (χ0) is 31.6. The van der Waals surface area contributed by atoms with Crippen LogP contribution in [0.25, 0.3) is 11.1 Å². The molecule has 0 radical (unpaired) electrons. The third-order valence-corrected chi connectivity index (χ3v) is 19.0. The summed E-state index contributed by atoms with van der Waals surface area (Å²) in [5, 5.41) is 19.3. The van der Waals surface area contributed by atoms with E-state index in [1.54, 1.807) is 42.5 Å². The van der Waals surface area contributed by atoms with Crippen molar-refractivity contribution in [3.05, 3.63) is 113 Å². The monoisotopic (exact) mass is 694 g/mol. The molecule has 4 aromatic rings. The van der Waals surface area contributed by atoms with E-state index in [2.05, 4.69) is 0 Å². The normalized spacial score (nSPS) is 13.0. The Morgan fingerprint density at radius 2 is 1.42 bits per heavy atom. The number of benzene rings is 4. The third-order valence-electron chi connectivity index (χ3n) is 6.59. The number of para-hydroxylation sites is 1. The van der Waals surface area contributed by atoms with Gasteiger partial charge in [0.2, 0.25) is 0 Å². The average molecular weight is 694 g/mol. The molecule has 0 heterocycles. The van der Waals surface area contributed by atoms with E-state index in [1.165, 1.54) is 43.5 Å². The number of hydrogen-bond donors (Lipinski definition) is 4. The predicted molar refractivity (Wildman–Crippen MR) is 156 cm³/mol. The molecule has 4 N–H and O–H groups in total. The van der Waals surface area contributed by atoms with Crippen molar-refractivity contribution in [3.8, 4) is 22.6 Å². The molecule has 1 unspecified atom stereocenters. The van der Waals surface area contributed by atoms with E-state index in [0.717, 1.165) is 12.1 Å². The van der Waals surface area contributed by atoms with Gasteiger partial charge in [-0.25, -0.2) is 0 Å². The second-order valence-corrected chi connectivity index (χ2v) is 21.5. The maximum atomic E-state index is 14.2. The van der Waals surface area contributed by atoms with Crippen LogP contribution in [0.3, 0.4) is 0 Å². The molecule has 9 nitrogen and oxygen atoms in total. The van der Waals surface area contributed by atoms with Crippen molar-refractivity contribution < 1.29 is 51.3 Å². The van der Waals surface area contributed by atoms with Crippen LogP contribution >= 0.6 is 7.60 Å². The average Bonchev–Trinajstić information content (AvgIpc) is 2.97. The number of ether oxygens (including phenoxy) is 1. The van der Waals surface area contributed by atoms with Crippen molar-refractivity contribution in [2.45, 2.75) is 21.0 Å². The molecule has 0 aliphatic rings. The van der Waals surface area contributed by atoms with Gasteiger partial charge in [0.05, 0.1) is 0 Å². The Balaban J connectivity index is 1.69. The van der Waals surface area contributed by atoms with Gasteiger partial charge in [-0.2, -0.15) is 0 Å². The van der Waals surface area contributed by atoms with Gasteiger partial charge in [-0.05, 0) is 0 Å². The Bertz CT molecular complexity index is 1790. The quantitative estimate of drug-likeness (QED) is 0.120. The molecule has 0 aliphatic heterocycles. The number of aromatic carboxylic acids is 1. The minimum atomic E-state index is -5.77. The zero-order valence-electron chi connectivity index (χ0n) is 22.5. The minimum absolute atomic E-state index is 0.00377. The number of carboxylic acids is 1. The molecule has 0 aliphatic carbocycles. The maximum absolute atomic E-state index is 14.2. The molecule has 226 valence electrons. The molecule has 14 heteroatoms. The molecule has 0 saturated heterocycles. The van der Waals surface area contributed by atoms with E-state index < -0.39 is 46.4 Å². The summed E-state index contributed by atoms with van der Waals surface area (Å²) < 4.78 is 72.9. The molecular formula is C29H26AsF2O9PS. The summed E-state index contributed by atoms with van der Waals surface area (Å²) >= 11 is -3.03. The summed E-state index contributed by atoms with van der Waals surface area (Å²) in [7, 11) is -8.35. The molecular weight excluding hydrogens is 668 g/mol. The summed E-state index contributed by atoms with van der Waals surface area (Å²) in [6.45, 7) is 0. The summed E-state index contributed by atoms with van der Waals surface area (Å²) in [6.07, 6.45) is 0. The SMILES string of the molecule is COc1ccccc1S(=O)(=O)[As](Cc1ccc(-c2ccc(O)c(C(=O)O)c2)cc1)Cc1ccc(C(F)(F)P(=O)(O)O)cc1. The number of hydrogen-bond acceptors (Lipinski definition) is 6. The van der Waals surface area contributed by atoms with E-state index in [9.17, 15) is 36.8 Å². The molecule has 0 spiro atoms. The first-order valence-electron chi connectivity index (χ1n) is 12.5. The molecule has 4 aromatic carbocycles. The van der Waals surface area contributed by atoms with Crippen LogP contribution < -0.4 is 4.74 Å². The second kappa shape index (κ2) is 12.6. The Morgan fingerprint density at radius 1 is 0.884 bits per heavy atom. The zero-order valence-corrected chi connectivity index (χ0v) is 26.1. The summed E-state index contributed by atoms with van der Waals surface area (Å²) in [4.78, 5) is 29.5. The van der Waals surface area contributed by atoms with Crippen LogP contribution in [0, 0.1) is 0 Å². The predicted octanol–water partition coefficient (Wildman–Crippen LogP) is 5.32. The Labute approximate surface area is 249 Å². The first kappa shape index (κ1) is 32.4. The van der Waals surface area contributed by atoms with Gasteiger partial charge >= 0.3 is 250 Å². The molecule has 43 heavy (non-hydrogen) atoms. The van der Waals surface area contributed by atoms with Gasteiger partial charge in [-0.3, -0.25) is 0 Å². The van der Waals surface area contributed by atoms with Crippen molar-refractivity contribution in [2.24, 2.45) is 0 Å². The van der Waals surface area contributed by atoms with Gasteiger partial charge in [-0.1, -0.05) is 0 Å². The molecule has 1 atom stereocenters. The van der Waals surface area contributed by atoms with Gasteiger partial charge in [0.25, 0.3) is 0 Å². The molecule has 0 fully saturated rings. The van der Waals surface area contributed by atoms with Crippen molar-refractivity contribution in [2.75, 3.05) is 7.11 Å². The van der Waals surface area contributed by atoms with Crippen LogP contribution in [-0.4, -0.2) is 55.0 Å². The van der Waals surface area contributed by atoms with Crippen molar-refractivity contribution >= 4 is 35.2 Å². The number of alkyl halides is 2. The number of aromatic hydroxyl groups is 1. The number of carbonyl (C=O) groups is 1. The van der Waals surface area contributed by atoms with Crippen LogP contribution in [0.15, 0.2) is 95.9 Å². The summed E-state index contributed by atoms with van der Waals surface area (Å²) in [6, 6.07) is 21.4. The van der Waals surface area contributed by atoms with Crippen molar-refractivity contribution in [1.82, 2.24) is 0 Å². The van der Waals surface area contributed by atoms with E-state index in [4.69, 9.17) is 14.5 Å². The number of rotatable bonds is 11. The van der Waals surface area contributed by atoms with Crippen LogP contribution in [0.2, 0.25) is 0 Å². The van der Waals surface area contributed by atoms with Gasteiger partial charge in [-0.15, -0.1) is 0 Å². The Hall–Kier alpha value is -3.53. The summed E-state index contributed by atoms with van der Waals surface area (Å²) in [5.41, 5.74) is -3.29. The fourth-order valence-electron chi connectivity index (χ4n) is 4.27. The number of phenols is 1. The van der Waals surface area contributed by atoms with Gasteiger partial charge in [0.15, 0.2) is 0 Å². The first-order chi connectivity index (χ1) is 20.1. The molecule has 0 aromatic heterocycles. The molecule has 0 bridgehead atoms. The van der Waals surface area contributed by atoms with E-state index >= 15 is 0 Å². The standard InChI is InChI=1S/C29H26AsF2O9PS/c1-41-26-4-2-3-5-27(26)43(39,40)30(18-20-8-13-23(14-9-20)29(31,32)42(36,37)38)17-19-6-10-21(11-7-19)22-12-15-25(33)24(16-22)28(34)35/h2-16,33H,17-18H2,1H3,(H,34,35)(H2,36,37,38). The van der Waals surface area contributed by atoms with Crippen LogP contribution in [-0.2, 0) is 28.7 Å². The van der Waals surface area contributed by atoms with Crippen LogP contribution in [0.4, 0.5) is 8.78 Å². The van der Waals surface area contributed by atoms with E-state index in [-0.39, 0.29) is 32.4 Å². The van der Waals surface area contributed by atoms with Crippen LogP contribution in [0.5, 0.6) is 11.5 Å². The fourth-order valence-corrected chi connectivity index (χ4v) is 15.2. The van der Waals surface area contributed by atoms with Crippen LogP contribution in [0.1, 0.15) is 27.0 Å².